The number of benzene rings is 2. The average Bonchev–Trinajstić information content (AvgIpc) is 3.08. The molecule has 0 spiro atoms. The van der Waals surface area contributed by atoms with Crippen molar-refractivity contribution in [1.82, 2.24) is 0 Å². The summed E-state index contributed by atoms with van der Waals surface area (Å²) in [5.74, 6) is 3.30. The van der Waals surface area contributed by atoms with Gasteiger partial charge in [0.15, 0.2) is 23.0 Å². The maximum Gasteiger partial charge on any atom is 0.169 e. The monoisotopic (exact) mass is 254 g/mol. The molecule has 0 atom stereocenters. The predicted octanol–water partition coefficient (Wildman–Crippen LogP) is 3.35. The minimum atomic E-state index is 0.735. The first-order valence-corrected chi connectivity index (χ1v) is 6.59. The normalized spacial score (nSPS) is 15.4. The highest BCUT2D eigenvalue weighted by Gasteiger charge is 2.21. The third-order valence-electron chi connectivity index (χ3n) is 3.58. The van der Waals surface area contributed by atoms with Gasteiger partial charge in [-0.05, 0) is 12.1 Å². The second-order valence-electron chi connectivity index (χ2n) is 4.79. The summed E-state index contributed by atoms with van der Waals surface area (Å²) < 4.78 is 17.3. The van der Waals surface area contributed by atoms with Gasteiger partial charge >= 0.3 is 0 Å². The molecule has 2 aliphatic heterocycles. The molecule has 4 rings (SSSR count). The van der Waals surface area contributed by atoms with Crippen molar-refractivity contribution < 1.29 is 14.2 Å². The minimum absolute atomic E-state index is 0.735. The quantitative estimate of drug-likeness (QED) is 0.822. The summed E-state index contributed by atoms with van der Waals surface area (Å²) in [6.45, 7) is 1.47. The van der Waals surface area contributed by atoms with Crippen LogP contribution in [0.4, 0.5) is 0 Å². The summed E-state index contributed by atoms with van der Waals surface area (Å²) in [6.07, 6.45) is 1.91. The molecule has 0 fully saturated rings. The predicted molar refractivity (Wildman–Crippen MR) is 71.4 cm³/mol. The number of para-hydroxylation sites is 2. The maximum atomic E-state index is 6.01. The van der Waals surface area contributed by atoms with Gasteiger partial charge in [-0.2, -0.15) is 0 Å². The van der Waals surface area contributed by atoms with E-state index in [0.29, 0.717) is 0 Å². The molecule has 2 aromatic carbocycles. The van der Waals surface area contributed by atoms with Gasteiger partial charge in [0.25, 0.3) is 0 Å². The molecule has 0 saturated carbocycles. The summed E-state index contributed by atoms with van der Waals surface area (Å²) in [7, 11) is 0. The van der Waals surface area contributed by atoms with E-state index in [4.69, 9.17) is 14.2 Å². The molecule has 3 heteroatoms. The van der Waals surface area contributed by atoms with Crippen LogP contribution in [0, 0.1) is 0 Å². The molecule has 2 heterocycles. The third kappa shape index (κ3) is 1.73. The van der Waals surface area contributed by atoms with E-state index in [-0.39, 0.29) is 0 Å². The molecule has 96 valence electrons. The molecular formula is C16H14O3. The molecular weight excluding hydrogens is 240 g/mol. The SMILES string of the molecule is c1cc2c(c(Oc3cccc4c3OCC4)c1)OCC2. The van der Waals surface area contributed by atoms with Crippen LogP contribution < -0.4 is 14.2 Å². The molecule has 19 heavy (non-hydrogen) atoms. The molecule has 0 radical (unpaired) electrons. The van der Waals surface area contributed by atoms with Gasteiger partial charge < -0.3 is 14.2 Å². The maximum absolute atomic E-state index is 6.01. The van der Waals surface area contributed by atoms with Crippen LogP contribution in [0.5, 0.6) is 23.0 Å². The Morgan fingerprint density at radius 3 is 1.79 bits per heavy atom. The van der Waals surface area contributed by atoms with Crippen LogP contribution in [-0.2, 0) is 12.8 Å². The summed E-state index contributed by atoms with van der Waals surface area (Å²) >= 11 is 0. The summed E-state index contributed by atoms with van der Waals surface area (Å²) in [4.78, 5) is 0. The Bertz CT molecular complexity index is 578. The average molecular weight is 254 g/mol. The van der Waals surface area contributed by atoms with Crippen molar-refractivity contribution in [3.05, 3.63) is 47.5 Å². The van der Waals surface area contributed by atoms with E-state index >= 15 is 0 Å². The summed E-state index contributed by atoms with van der Waals surface area (Å²) in [5, 5.41) is 0. The Balaban J connectivity index is 1.73. The summed E-state index contributed by atoms with van der Waals surface area (Å²) in [6, 6.07) is 12.1. The lowest BCUT2D eigenvalue weighted by atomic mass is 10.1. The zero-order valence-electron chi connectivity index (χ0n) is 10.5. The van der Waals surface area contributed by atoms with Gasteiger partial charge in [0.2, 0.25) is 0 Å². The van der Waals surface area contributed by atoms with Gasteiger partial charge in [-0.25, -0.2) is 0 Å². The number of hydrogen-bond donors (Lipinski definition) is 0. The molecule has 0 bridgehead atoms. The molecule has 0 amide bonds. The van der Waals surface area contributed by atoms with Gasteiger partial charge in [0, 0.05) is 24.0 Å². The van der Waals surface area contributed by atoms with E-state index in [1.54, 1.807) is 0 Å². The van der Waals surface area contributed by atoms with Crippen molar-refractivity contribution in [2.75, 3.05) is 13.2 Å². The molecule has 2 aliphatic rings. The minimum Gasteiger partial charge on any atom is -0.489 e. The Labute approximate surface area is 111 Å². The fourth-order valence-electron chi connectivity index (χ4n) is 2.65. The van der Waals surface area contributed by atoms with E-state index < -0.39 is 0 Å². The molecule has 2 aromatic rings. The van der Waals surface area contributed by atoms with Crippen LogP contribution in [-0.4, -0.2) is 13.2 Å². The van der Waals surface area contributed by atoms with Crippen molar-refractivity contribution in [2.24, 2.45) is 0 Å². The standard InChI is InChI=1S/C16H14O3/c1-3-11-7-9-17-15(11)13(5-1)19-14-6-2-4-12-8-10-18-16(12)14/h1-6H,7-10H2. The Morgan fingerprint density at radius 1 is 0.737 bits per heavy atom. The van der Waals surface area contributed by atoms with Crippen LogP contribution in [0.1, 0.15) is 11.1 Å². The van der Waals surface area contributed by atoms with Crippen molar-refractivity contribution in [2.45, 2.75) is 12.8 Å². The van der Waals surface area contributed by atoms with Crippen molar-refractivity contribution in [1.29, 1.82) is 0 Å². The van der Waals surface area contributed by atoms with Crippen LogP contribution in [0.15, 0.2) is 36.4 Å². The number of fused-ring (bicyclic) bond motifs is 2. The molecule has 0 aliphatic carbocycles. The highest BCUT2D eigenvalue weighted by Crippen LogP contribution is 2.42. The van der Waals surface area contributed by atoms with E-state index in [1.165, 1.54) is 11.1 Å². The van der Waals surface area contributed by atoms with E-state index in [1.807, 2.05) is 24.3 Å². The van der Waals surface area contributed by atoms with Crippen LogP contribution >= 0.6 is 0 Å². The largest absolute Gasteiger partial charge is 0.489 e. The van der Waals surface area contributed by atoms with Crippen molar-refractivity contribution in [3.63, 3.8) is 0 Å². The first kappa shape index (κ1) is 10.7. The highest BCUT2D eigenvalue weighted by molar-refractivity contribution is 5.54. The lowest BCUT2D eigenvalue weighted by molar-refractivity contribution is 0.322. The van der Waals surface area contributed by atoms with E-state index in [0.717, 1.165) is 49.1 Å². The Morgan fingerprint density at radius 2 is 1.26 bits per heavy atom. The first-order chi connectivity index (χ1) is 9.42. The van der Waals surface area contributed by atoms with Gasteiger partial charge in [-0.3, -0.25) is 0 Å². The highest BCUT2D eigenvalue weighted by atomic mass is 16.5. The third-order valence-corrected chi connectivity index (χ3v) is 3.58. The smallest absolute Gasteiger partial charge is 0.169 e. The molecule has 0 saturated heterocycles. The second kappa shape index (κ2) is 4.19. The zero-order valence-corrected chi connectivity index (χ0v) is 10.5. The lowest BCUT2D eigenvalue weighted by Gasteiger charge is -2.12. The van der Waals surface area contributed by atoms with E-state index in [2.05, 4.69) is 12.1 Å². The molecule has 0 aromatic heterocycles. The van der Waals surface area contributed by atoms with Gasteiger partial charge in [-0.15, -0.1) is 0 Å². The lowest BCUT2D eigenvalue weighted by Crippen LogP contribution is -1.93. The zero-order chi connectivity index (χ0) is 12.7. The van der Waals surface area contributed by atoms with Crippen molar-refractivity contribution in [3.8, 4) is 23.0 Å². The Hall–Kier alpha value is -2.16. The Kier molecular flexibility index (Phi) is 2.37. The number of ether oxygens (including phenoxy) is 3. The fourth-order valence-corrected chi connectivity index (χ4v) is 2.65. The molecule has 0 N–H and O–H groups in total. The topological polar surface area (TPSA) is 27.7 Å². The van der Waals surface area contributed by atoms with Crippen LogP contribution in [0.3, 0.4) is 0 Å². The van der Waals surface area contributed by atoms with Gasteiger partial charge in [0.05, 0.1) is 13.2 Å². The van der Waals surface area contributed by atoms with E-state index in [9.17, 15) is 0 Å². The van der Waals surface area contributed by atoms with Gasteiger partial charge in [-0.1, -0.05) is 24.3 Å². The molecule has 0 unspecified atom stereocenters. The fraction of sp³-hybridized carbons (Fsp3) is 0.250. The number of rotatable bonds is 2. The number of hydrogen-bond acceptors (Lipinski definition) is 3. The summed E-state index contributed by atoms with van der Waals surface area (Å²) in [5.41, 5.74) is 2.43. The second-order valence-corrected chi connectivity index (χ2v) is 4.79. The van der Waals surface area contributed by atoms with Crippen LogP contribution in [0.25, 0.3) is 0 Å². The van der Waals surface area contributed by atoms with Crippen molar-refractivity contribution >= 4 is 0 Å². The first-order valence-electron chi connectivity index (χ1n) is 6.59. The molecule has 3 nitrogen and oxygen atoms in total. The van der Waals surface area contributed by atoms with Crippen LogP contribution in [0.2, 0.25) is 0 Å². The van der Waals surface area contributed by atoms with Gasteiger partial charge in [0.1, 0.15) is 0 Å².